The van der Waals surface area contributed by atoms with Crippen molar-refractivity contribution in [3.8, 4) is 0 Å². The Hall–Kier alpha value is 0.0669. The number of alkyl halides is 1. The highest BCUT2D eigenvalue weighted by Gasteiger charge is 2.10. The van der Waals surface area contributed by atoms with Crippen LogP contribution in [0.4, 0.5) is 4.39 Å². The Kier molecular flexibility index (Phi) is 9.21. The third-order valence-electron chi connectivity index (χ3n) is 1.53. The first-order chi connectivity index (χ1) is 5.85. The van der Waals surface area contributed by atoms with Crippen LogP contribution in [-0.4, -0.2) is 29.2 Å². The van der Waals surface area contributed by atoms with E-state index in [1.807, 2.05) is 13.8 Å². The van der Waals surface area contributed by atoms with E-state index < -0.39 is 9.28 Å². The van der Waals surface area contributed by atoms with Gasteiger partial charge in [-0.15, -0.1) is 0 Å². The highest BCUT2D eigenvalue weighted by Crippen LogP contribution is 2.04. The smallest absolute Gasteiger partial charge is 0.321 e. The highest BCUT2D eigenvalue weighted by molar-refractivity contribution is 6.44. The molecule has 0 unspecified atom stereocenters. The van der Waals surface area contributed by atoms with Crippen LogP contribution in [-0.2, 0) is 8.85 Å². The van der Waals surface area contributed by atoms with Gasteiger partial charge in [-0.25, -0.2) is 0 Å². The summed E-state index contributed by atoms with van der Waals surface area (Å²) in [7, 11) is -1.43. The molecule has 0 saturated heterocycles. The normalized spacial score (nSPS) is 11.0. The van der Waals surface area contributed by atoms with Crippen LogP contribution in [0.5, 0.6) is 0 Å². The van der Waals surface area contributed by atoms with Crippen LogP contribution in [0.3, 0.4) is 0 Å². The van der Waals surface area contributed by atoms with Gasteiger partial charge in [0.25, 0.3) is 0 Å². The van der Waals surface area contributed by atoms with Crippen LogP contribution >= 0.6 is 0 Å². The maximum atomic E-state index is 11.7. The van der Waals surface area contributed by atoms with Crippen LogP contribution in [0.1, 0.15) is 26.7 Å². The fourth-order valence-electron chi connectivity index (χ4n) is 0.992. The van der Waals surface area contributed by atoms with Gasteiger partial charge in [0.1, 0.15) is 0 Å². The SMILES string of the molecule is CCO[SiH](CCCCF)OCC. The first-order valence-electron chi connectivity index (χ1n) is 4.64. The Balaban J connectivity index is 3.34. The fraction of sp³-hybridized carbons (Fsp3) is 1.00. The number of hydrogen-bond donors (Lipinski definition) is 0. The molecule has 12 heavy (non-hydrogen) atoms. The van der Waals surface area contributed by atoms with E-state index in [4.69, 9.17) is 8.85 Å². The van der Waals surface area contributed by atoms with Crippen molar-refractivity contribution >= 4 is 9.28 Å². The second-order valence-electron chi connectivity index (χ2n) is 2.53. The molecule has 0 rings (SSSR count). The largest absolute Gasteiger partial charge is 0.397 e. The van der Waals surface area contributed by atoms with Crippen molar-refractivity contribution < 1.29 is 13.2 Å². The van der Waals surface area contributed by atoms with E-state index in [1.165, 1.54) is 0 Å². The van der Waals surface area contributed by atoms with Crippen molar-refractivity contribution in [2.75, 3.05) is 19.9 Å². The molecule has 0 fully saturated rings. The summed E-state index contributed by atoms with van der Waals surface area (Å²) in [6.07, 6.45) is 1.54. The van der Waals surface area contributed by atoms with Crippen molar-refractivity contribution in [3.05, 3.63) is 0 Å². The summed E-state index contributed by atoms with van der Waals surface area (Å²) in [6.45, 7) is 5.14. The molecule has 0 amide bonds. The van der Waals surface area contributed by atoms with E-state index in [-0.39, 0.29) is 6.67 Å². The lowest BCUT2D eigenvalue weighted by Gasteiger charge is -2.13. The molecule has 0 aliphatic heterocycles. The molecule has 0 saturated carbocycles. The van der Waals surface area contributed by atoms with E-state index in [2.05, 4.69) is 0 Å². The summed E-state index contributed by atoms with van der Waals surface area (Å²) in [4.78, 5) is 0. The molecule has 4 heteroatoms. The summed E-state index contributed by atoms with van der Waals surface area (Å²) in [5.41, 5.74) is 0. The molecule has 0 aromatic carbocycles. The molecule has 0 aromatic rings. The second-order valence-corrected chi connectivity index (χ2v) is 4.63. The number of halogens is 1. The first-order valence-corrected chi connectivity index (χ1v) is 6.40. The van der Waals surface area contributed by atoms with E-state index in [1.54, 1.807) is 0 Å². The number of hydrogen-bond acceptors (Lipinski definition) is 2. The molecule has 0 aliphatic carbocycles. The first kappa shape index (κ1) is 12.1. The lowest BCUT2D eigenvalue weighted by atomic mass is 10.4. The van der Waals surface area contributed by atoms with Gasteiger partial charge in [-0.05, 0) is 32.7 Å². The minimum Gasteiger partial charge on any atom is -0.397 e. The molecular formula is C8H19FO2Si. The van der Waals surface area contributed by atoms with Gasteiger partial charge in [0.05, 0.1) is 6.67 Å². The molecule has 0 aliphatic rings. The third-order valence-corrected chi connectivity index (χ3v) is 3.82. The lowest BCUT2D eigenvalue weighted by Crippen LogP contribution is -2.22. The Labute approximate surface area is 75.9 Å². The van der Waals surface area contributed by atoms with Crippen molar-refractivity contribution in [1.29, 1.82) is 0 Å². The monoisotopic (exact) mass is 194 g/mol. The molecule has 0 heterocycles. The van der Waals surface area contributed by atoms with Gasteiger partial charge in [-0.2, -0.15) is 0 Å². The predicted octanol–water partition coefficient (Wildman–Crippen LogP) is 2.03. The zero-order chi connectivity index (χ0) is 9.23. The average Bonchev–Trinajstić information content (AvgIpc) is 2.06. The van der Waals surface area contributed by atoms with E-state index in [0.717, 1.165) is 12.5 Å². The molecule has 0 N–H and O–H groups in total. The van der Waals surface area contributed by atoms with Crippen LogP contribution in [0.2, 0.25) is 6.04 Å². The zero-order valence-electron chi connectivity index (χ0n) is 8.01. The zero-order valence-corrected chi connectivity index (χ0v) is 9.17. The van der Waals surface area contributed by atoms with Gasteiger partial charge in [0, 0.05) is 13.2 Å². The van der Waals surface area contributed by atoms with Gasteiger partial charge in [-0.1, -0.05) is 0 Å². The van der Waals surface area contributed by atoms with Gasteiger partial charge < -0.3 is 8.85 Å². The Bertz CT molecular complexity index is 87.1. The second kappa shape index (κ2) is 9.16. The van der Waals surface area contributed by atoms with Crippen LogP contribution in [0.15, 0.2) is 0 Å². The average molecular weight is 194 g/mol. The topological polar surface area (TPSA) is 18.5 Å². The summed E-state index contributed by atoms with van der Waals surface area (Å²) >= 11 is 0. The van der Waals surface area contributed by atoms with Crippen molar-refractivity contribution in [3.63, 3.8) is 0 Å². The maximum absolute atomic E-state index is 11.7. The quantitative estimate of drug-likeness (QED) is 0.435. The predicted molar refractivity (Wildman–Crippen MR) is 50.4 cm³/mol. The van der Waals surface area contributed by atoms with Crippen molar-refractivity contribution in [2.45, 2.75) is 32.7 Å². The molecule has 0 spiro atoms. The minimum absolute atomic E-state index is 0.223. The standard InChI is InChI=1S/C8H19FO2Si/c1-3-10-12(11-4-2)8-6-5-7-9/h12H,3-8H2,1-2H3. The summed E-state index contributed by atoms with van der Waals surface area (Å²) < 4.78 is 22.6. The van der Waals surface area contributed by atoms with Crippen LogP contribution < -0.4 is 0 Å². The summed E-state index contributed by atoms with van der Waals surface area (Å²) in [5.74, 6) is 0. The maximum Gasteiger partial charge on any atom is 0.321 e. The molecule has 74 valence electrons. The lowest BCUT2D eigenvalue weighted by molar-refractivity contribution is 0.212. The number of unbranched alkanes of at least 4 members (excludes halogenated alkanes) is 1. The molecule has 0 aromatic heterocycles. The molecule has 2 nitrogen and oxygen atoms in total. The summed E-state index contributed by atoms with van der Waals surface area (Å²) in [6, 6.07) is 0.936. The van der Waals surface area contributed by atoms with Gasteiger partial charge in [0.2, 0.25) is 0 Å². The van der Waals surface area contributed by atoms with Crippen molar-refractivity contribution in [2.24, 2.45) is 0 Å². The summed E-state index contributed by atoms with van der Waals surface area (Å²) in [5, 5.41) is 0. The van der Waals surface area contributed by atoms with Crippen LogP contribution in [0.25, 0.3) is 0 Å². The van der Waals surface area contributed by atoms with Gasteiger partial charge in [-0.3, -0.25) is 4.39 Å². The van der Waals surface area contributed by atoms with Gasteiger partial charge >= 0.3 is 9.28 Å². The van der Waals surface area contributed by atoms with Crippen LogP contribution in [0, 0.1) is 0 Å². The number of rotatable bonds is 8. The molecule has 0 atom stereocenters. The fourth-order valence-corrected chi connectivity index (χ4v) is 2.79. The molecular weight excluding hydrogens is 175 g/mol. The molecule has 0 bridgehead atoms. The minimum atomic E-state index is -1.43. The Morgan fingerprint density at radius 3 is 2.08 bits per heavy atom. The highest BCUT2D eigenvalue weighted by atomic mass is 28.3. The third kappa shape index (κ3) is 6.76. The Morgan fingerprint density at radius 1 is 1.08 bits per heavy atom. The van der Waals surface area contributed by atoms with Gasteiger partial charge in [0.15, 0.2) is 0 Å². The Morgan fingerprint density at radius 2 is 1.67 bits per heavy atom. The van der Waals surface area contributed by atoms with E-state index in [9.17, 15) is 4.39 Å². The van der Waals surface area contributed by atoms with E-state index >= 15 is 0 Å². The van der Waals surface area contributed by atoms with E-state index in [0.29, 0.717) is 19.6 Å². The van der Waals surface area contributed by atoms with Crippen molar-refractivity contribution in [1.82, 2.24) is 0 Å². The molecule has 0 radical (unpaired) electrons.